The van der Waals surface area contributed by atoms with E-state index in [4.69, 9.17) is 0 Å². The van der Waals surface area contributed by atoms with Gasteiger partial charge in [0.15, 0.2) is 4.96 Å². The largest absolute Gasteiger partial charge is 1.00 e. The van der Waals surface area contributed by atoms with Crippen LogP contribution in [0.25, 0.3) is 21.3 Å². The van der Waals surface area contributed by atoms with Crippen molar-refractivity contribution < 1.29 is 44.3 Å². The number of aromatic nitrogens is 2. The summed E-state index contributed by atoms with van der Waals surface area (Å²) in [5.41, 5.74) is 3.47. The summed E-state index contributed by atoms with van der Waals surface area (Å²) in [7, 11) is 0. The Bertz CT molecular complexity index is 1160. The number of carbonyl (C=O) groups is 2. The average Bonchev–Trinajstić information content (AvgIpc) is 3.22. The van der Waals surface area contributed by atoms with Crippen LogP contribution >= 0.6 is 23.1 Å². The van der Waals surface area contributed by atoms with Crippen molar-refractivity contribution in [1.82, 2.24) is 14.3 Å². The first kappa shape index (κ1) is 17.8. The molecule has 6 nitrogen and oxygen atoms in total. The predicted octanol–water partition coefficient (Wildman–Crippen LogP) is -1.25. The van der Waals surface area contributed by atoms with E-state index >= 15 is 0 Å². The number of fused-ring (bicyclic) bond motifs is 4. The van der Waals surface area contributed by atoms with Gasteiger partial charge in [-0.1, -0.05) is 17.4 Å². The van der Waals surface area contributed by atoms with Gasteiger partial charge in [-0.25, -0.2) is 4.98 Å². The monoisotopic (exact) mass is 391 g/mol. The van der Waals surface area contributed by atoms with Crippen LogP contribution in [0.5, 0.6) is 0 Å². The summed E-state index contributed by atoms with van der Waals surface area (Å²) in [6, 6.07) is 6.25. The molecule has 26 heavy (non-hydrogen) atoms. The number of hydrogen-bond donors (Lipinski definition) is 0. The Hall–Kier alpha value is -1.58. The quantitative estimate of drug-likeness (QED) is 0.310. The summed E-state index contributed by atoms with van der Waals surface area (Å²) in [6.07, 6.45) is 3.64. The van der Waals surface area contributed by atoms with Crippen molar-refractivity contribution in [2.45, 2.75) is 12.3 Å². The SMILES string of the molecule is Cc1ccc2c(c1)sc1nc(/C=C3/C(=O)N4C(C(=O)[O-])=CS[C@H]34)cn12.[Na+]. The number of rotatable bonds is 2. The number of amides is 1. The Labute approximate surface area is 178 Å². The van der Waals surface area contributed by atoms with Gasteiger partial charge in [0, 0.05) is 6.20 Å². The van der Waals surface area contributed by atoms with Crippen LogP contribution in [-0.4, -0.2) is 31.5 Å². The third-order valence-electron chi connectivity index (χ3n) is 4.32. The number of carboxylic acids is 1. The predicted molar refractivity (Wildman–Crippen MR) is 94.6 cm³/mol. The van der Waals surface area contributed by atoms with Crippen LogP contribution in [0.4, 0.5) is 0 Å². The number of nitrogens with zero attached hydrogens (tertiary/aromatic N) is 3. The zero-order chi connectivity index (χ0) is 17.3. The third-order valence-corrected chi connectivity index (χ3v) is 6.41. The van der Waals surface area contributed by atoms with Gasteiger partial charge in [-0.15, -0.1) is 11.8 Å². The molecular formula is C17H10N3NaO3S2. The number of benzene rings is 1. The summed E-state index contributed by atoms with van der Waals surface area (Å²) < 4.78 is 3.18. The number of hydrogen-bond acceptors (Lipinski definition) is 6. The van der Waals surface area contributed by atoms with Crippen LogP contribution in [0.3, 0.4) is 0 Å². The molecule has 0 saturated carbocycles. The number of thioether (sulfide) groups is 1. The van der Waals surface area contributed by atoms with Gasteiger partial charge in [0.1, 0.15) is 5.37 Å². The average molecular weight is 391 g/mol. The van der Waals surface area contributed by atoms with Gasteiger partial charge in [-0.05, 0) is 36.1 Å². The molecular weight excluding hydrogens is 381 g/mol. The molecule has 2 aromatic heterocycles. The second-order valence-electron chi connectivity index (χ2n) is 5.95. The first-order chi connectivity index (χ1) is 12.0. The molecule has 5 rings (SSSR count). The Morgan fingerprint density at radius 2 is 2.19 bits per heavy atom. The van der Waals surface area contributed by atoms with E-state index in [1.807, 2.05) is 10.6 Å². The van der Waals surface area contributed by atoms with E-state index in [0.717, 1.165) is 10.5 Å². The topological polar surface area (TPSA) is 77.7 Å². The number of aliphatic carboxylic acids is 1. The van der Waals surface area contributed by atoms with Gasteiger partial charge < -0.3 is 9.90 Å². The minimum atomic E-state index is -1.33. The molecule has 0 bridgehead atoms. The maximum absolute atomic E-state index is 12.2. The van der Waals surface area contributed by atoms with Crippen LogP contribution in [0, 0.1) is 6.92 Å². The van der Waals surface area contributed by atoms with E-state index in [1.165, 1.54) is 32.3 Å². The van der Waals surface area contributed by atoms with Gasteiger partial charge in [-0.3, -0.25) is 14.1 Å². The Kier molecular flexibility index (Phi) is 4.28. The van der Waals surface area contributed by atoms with Crippen molar-refractivity contribution in [2.75, 3.05) is 0 Å². The fraction of sp³-hybridized carbons (Fsp3) is 0.118. The maximum Gasteiger partial charge on any atom is 1.00 e. The summed E-state index contributed by atoms with van der Waals surface area (Å²) in [6.45, 7) is 2.06. The second-order valence-corrected chi connectivity index (χ2v) is 7.91. The molecule has 3 aromatic rings. The molecule has 0 N–H and O–H groups in total. The number of imidazole rings is 1. The number of carboxylic acid groups (broad SMARTS) is 1. The molecule has 124 valence electrons. The Morgan fingerprint density at radius 3 is 2.96 bits per heavy atom. The van der Waals surface area contributed by atoms with Crippen LogP contribution in [0.2, 0.25) is 0 Å². The Balaban J connectivity index is 0.00000168. The van der Waals surface area contributed by atoms with E-state index < -0.39 is 5.97 Å². The standard InChI is InChI=1S/C17H11N3O3S2.Na/c1-8-2-3-11-13(4-8)25-17-18-9(6-19(11)17)5-10-14(21)20-12(16(22)23)7-24-15(10)20;/h2-7,15H,1H3,(H,22,23);/q;+1/p-1/b10-5-;/t15-;/m1./s1. The molecule has 9 heteroatoms. The fourth-order valence-corrected chi connectivity index (χ4v) is 5.34. The van der Waals surface area contributed by atoms with Crippen LogP contribution in [-0.2, 0) is 9.59 Å². The van der Waals surface area contributed by atoms with Crippen molar-refractivity contribution in [2.24, 2.45) is 0 Å². The van der Waals surface area contributed by atoms with Crippen molar-refractivity contribution >= 4 is 56.2 Å². The molecule has 1 saturated heterocycles. The summed E-state index contributed by atoms with van der Waals surface area (Å²) in [5, 5.41) is 12.2. The summed E-state index contributed by atoms with van der Waals surface area (Å²) in [4.78, 5) is 30.0. The molecule has 4 heterocycles. The van der Waals surface area contributed by atoms with E-state index in [1.54, 1.807) is 17.4 Å². The molecule has 2 aliphatic rings. The van der Waals surface area contributed by atoms with E-state index in [-0.39, 0.29) is 46.5 Å². The molecule has 1 fully saturated rings. The second kappa shape index (κ2) is 6.24. The van der Waals surface area contributed by atoms with Gasteiger partial charge in [-0.2, -0.15) is 0 Å². The molecule has 0 unspecified atom stereocenters. The molecule has 0 spiro atoms. The minimum absolute atomic E-state index is 0. The number of carbonyl (C=O) groups excluding carboxylic acids is 2. The number of β-lactam (4-membered cyclic amide) rings is 1. The molecule has 1 atom stereocenters. The molecule has 1 aromatic carbocycles. The van der Waals surface area contributed by atoms with Crippen molar-refractivity contribution in [1.29, 1.82) is 0 Å². The van der Waals surface area contributed by atoms with Crippen molar-refractivity contribution in [3.05, 3.63) is 52.3 Å². The van der Waals surface area contributed by atoms with E-state index in [9.17, 15) is 14.7 Å². The van der Waals surface area contributed by atoms with Crippen molar-refractivity contribution in [3.63, 3.8) is 0 Å². The molecule has 0 radical (unpaired) electrons. The van der Waals surface area contributed by atoms with Crippen molar-refractivity contribution in [3.8, 4) is 0 Å². The first-order valence-corrected chi connectivity index (χ1v) is 9.29. The zero-order valence-electron chi connectivity index (χ0n) is 13.9. The molecule has 2 aliphatic heterocycles. The maximum atomic E-state index is 12.2. The Morgan fingerprint density at radius 1 is 1.38 bits per heavy atom. The minimum Gasteiger partial charge on any atom is -0.543 e. The molecule has 0 aliphatic carbocycles. The zero-order valence-corrected chi connectivity index (χ0v) is 17.6. The van der Waals surface area contributed by atoms with E-state index in [2.05, 4.69) is 30.1 Å². The summed E-state index contributed by atoms with van der Waals surface area (Å²) in [5.74, 6) is -1.63. The van der Waals surface area contributed by atoms with E-state index in [0.29, 0.717) is 11.3 Å². The van der Waals surface area contributed by atoms with Gasteiger partial charge in [0.2, 0.25) is 0 Å². The fourth-order valence-electron chi connectivity index (χ4n) is 3.11. The third kappa shape index (κ3) is 2.48. The first-order valence-electron chi connectivity index (χ1n) is 7.53. The number of aryl methyl sites for hydroxylation is 1. The molecule has 1 amide bonds. The van der Waals surface area contributed by atoms with Gasteiger partial charge in [0.05, 0.1) is 33.1 Å². The van der Waals surface area contributed by atoms with Crippen LogP contribution in [0.1, 0.15) is 11.3 Å². The normalized spacial score (nSPS) is 20.3. The van der Waals surface area contributed by atoms with Gasteiger partial charge in [0.25, 0.3) is 5.91 Å². The smallest absolute Gasteiger partial charge is 0.543 e. The van der Waals surface area contributed by atoms with Crippen LogP contribution < -0.4 is 34.7 Å². The number of thiazole rings is 1. The van der Waals surface area contributed by atoms with Gasteiger partial charge >= 0.3 is 29.6 Å². The summed E-state index contributed by atoms with van der Waals surface area (Å²) >= 11 is 2.89. The van der Waals surface area contributed by atoms with Crippen LogP contribution in [0.15, 0.2) is 41.1 Å².